The Morgan fingerprint density at radius 1 is 1.15 bits per heavy atom. The van der Waals surface area contributed by atoms with E-state index in [0.29, 0.717) is 36.8 Å². The molecule has 0 N–H and O–H groups in total. The van der Waals surface area contributed by atoms with Gasteiger partial charge >= 0.3 is 0 Å². The number of amides is 1. The lowest BCUT2D eigenvalue weighted by Crippen LogP contribution is -2.42. The number of nitrogens with zero attached hydrogens (tertiary/aromatic N) is 5. The number of aromatic nitrogens is 4. The average molecular weight is 384 g/mol. The van der Waals surface area contributed by atoms with Crippen LogP contribution in [0.4, 0.5) is 0 Å². The van der Waals surface area contributed by atoms with Crippen LogP contribution in [0.2, 0.25) is 5.02 Å². The van der Waals surface area contributed by atoms with Crippen LogP contribution in [-0.2, 0) is 11.3 Å². The van der Waals surface area contributed by atoms with Gasteiger partial charge in [-0.25, -0.2) is 4.68 Å². The molecule has 138 valence electrons. The van der Waals surface area contributed by atoms with Crippen LogP contribution < -0.4 is 0 Å². The van der Waals surface area contributed by atoms with Crippen LogP contribution >= 0.6 is 11.6 Å². The molecule has 1 atom stereocenters. The molecule has 1 fully saturated rings. The highest BCUT2D eigenvalue weighted by Gasteiger charge is 2.26. The van der Waals surface area contributed by atoms with E-state index in [1.165, 1.54) is 0 Å². The Balaban J connectivity index is 1.43. The van der Waals surface area contributed by atoms with Gasteiger partial charge in [0.1, 0.15) is 12.4 Å². The molecule has 1 aliphatic heterocycles. The third-order valence-corrected chi connectivity index (χ3v) is 4.78. The van der Waals surface area contributed by atoms with Gasteiger partial charge in [0.25, 0.3) is 5.91 Å². The third-order valence-electron chi connectivity index (χ3n) is 4.53. The minimum absolute atomic E-state index is 0.00577. The number of halogens is 1. The number of carbonyl (C=O) groups excluding carboxylic acids is 1. The summed E-state index contributed by atoms with van der Waals surface area (Å²) in [4.78, 5) is 14.7. The monoisotopic (exact) mass is 383 g/mol. The zero-order chi connectivity index (χ0) is 18.6. The van der Waals surface area contributed by atoms with Crippen molar-refractivity contribution in [1.82, 2.24) is 25.1 Å². The largest absolute Gasteiger partial charge is 0.370 e. The van der Waals surface area contributed by atoms with E-state index in [-0.39, 0.29) is 12.0 Å². The Bertz CT molecular complexity index is 897. The number of hydrogen-bond donors (Lipinski definition) is 0. The summed E-state index contributed by atoms with van der Waals surface area (Å²) < 4.78 is 7.47. The van der Waals surface area contributed by atoms with Gasteiger partial charge in [-0.3, -0.25) is 4.79 Å². The second-order valence-corrected chi connectivity index (χ2v) is 6.80. The molecular formula is C19H18ClN5O2. The third kappa shape index (κ3) is 4.15. The van der Waals surface area contributed by atoms with Gasteiger partial charge in [-0.1, -0.05) is 35.9 Å². The predicted molar refractivity (Wildman–Crippen MR) is 99.4 cm³/mol. The van der Waals surface area contributed by atoms with Gasteiger partial charge in [0.2, 0.25) is 0 Å². The molecule has 8 heteroatoms. The molecular weight excluding hydrogens is 366 g/mol. The fourth-order valence-electron chi connectivity index (χ4n) is 3.09. The maximum atomic E-state index is 12.9. The molecule has 2 heterocycles. The summed E-state index contributed by atoms with van der Waals surface area (Å²) in [5.41, 5.74) is 2.71. The van der Waals surface area contributed by atoms with Crippen LogP contribution in [0.1, 0.15) is 27.6 Å². The maximum Gasteiger partial charge on any atom is 0.254 e. The van der Waals surface area contributed by atoms with Crippen molar-refractivity contribution in [2.75, 3.05) is 19.7 Å². The molecule has 2 aromatic carbocycles. The van der Waals surface area contributed by atoms with Crippen molar-refractivity contribution in [1.29, 1.82) is 0 Å². The second kappa shape index (κ2) is 7.85. The number of hydrogen-bond acceptors (Lipinski definition) is 5. The molecule has 1 aromatic heterocycles. The summed E-state index contributed by atoms with van der Waals surface area (Å²) in [7, 11) is 0. The average Bonchev–Trinajstić information content (AvgIpc) is 3.22. The first-order valence-electron chi connectivity index (χ1n) is 8.65. The van der Waals surface area contributed by atoms with Crippen LogP contribution in [0.25, 0.3) is 0 Å². The molecule has 1 amide bonds. The van der Waals surface area contributed by atoms with Gasteiger partial charge in [0.05, 0.1) is 19.7 Å². The summed E-state index contributed by atoms with van der Waals surface area (Å²) in [6.07, 6.45) is 1.42. The number of carbonyl (C=O) groups is 1. The summed E-state index contributed by atoms with van der Waals surface area (Å²) >= 11 is 5.95. The van der Waals surface area contributed by atoms with Gasteiger partial charge in [-0.05, 0) is 45.8 Å². The van der Waals surface area contributed by atoms with Crippen LogP contribution in [-0.4, -0.2) is 50.7 Å². The first-order chi connectivity index (χ1) is 13.2. The normalized spacial score (nSPS) is 17.1. The van der Waals surface area contributed by atoms with Crippen molar-refractivity contribution < 1.29 is 9.53 Å². The Hall–Kier alpha value is -2.77. The summed E-state index contributed by atoms with van der Waals surface area (Å²) in [6.45, 7) is 2.18. The van der Waals surface area contributed by atoms with E-state index in [0.717, 1.165) is 11.1 Å². The van der Waals surface area contributed by atoms with E-state index in [4.69, 9.17) is 16.3 Å². The van der Waals surface area contributed by atoms with Gasteiger partial charge in [-0.2, -0.15) is 0 Å². The standard InChI is InChI=1S/C19H18ClN5O2/c20-17-7-5-15(6-8-17)18-12-24(9-10-27-18)19(26)16-3-1-14(2-4-16)11-25-13-21-22-23-25/h1-8,13,18H,9-12H2/t18-/m0/s1. The molecule has 0 saturated carbocycles. The highest BCUT2D eigenvalue weighted by Crippen LogP contribution is 2.24. The second-order valence-electron chi connectivity index (χ2n) is 6.37. The summed E-state index contributed by atoms with van der Waals surface area (Å²) in [6, 6.07) is 15.1. The molecule has 0 spiro atoms. The molecule has 0 aliphatic carbocycles. The molecule has 0 bridgehead atoms. The number of morpholine rings is 1. The fourth-order valence-corrected chi connectivity index (χ4v) is 3.21. The van der Waals surface area contributed by atoms with E-state index in [2.05, 4.69) is 15.5 Å². The van der Waals surface area contributed by atoms with Gasteiger partial charge in [0.15, 0.2) is 0 Å². The molecule has 4 rings (SSSR count). The minimum Gasteiger partial charge on any atom is -0.370 e. The Morgan fingerprint density at radius 3 is 2.63 bits per heavy atom. The van der Waals surface area contributed by atoms with Crippen molar-refractivity contribution in [3.05, 3.63) is 76.6 Å². The van der Waals surface area contributed by atoms with E-state index in [9.17, 15) is 4.79 Å². The SMILES string of the molecule is O=C(c1ccc(Cn2cnnn2)cc1)N1CCO[C@H](c2ccc(Cl)cc2)C1. The Morgan fingerprint density at radius 2 is 1.93 bits per heavy atom. The number of benzene rings is 2. The highest BCUT2D eigenvalue weighted by molar-refractivity contribution is 6.30. The van der Waals surface area contributed by atoms with Crippen molar-refractivity contribution in [3.8, 4) is 0 Å². The molecule has 1 saturated heterocycles. The summed E-state index contributed by atoms with van der Waals surface area (Å²) in [5, 5.41) is 11.8. The van der Waals surface area contributed by atoms with E-state index in [1.54, 1.807) is 11.0 Å². The summed E-state index contributed by atoms with van der Waals surface area (Å²) in [5.74, 6) is 0.00577. The van der Waals surface area contributed by atoms with E-state index >= 15 is 0 Å². The first kappa shape index (κ1) is 17.6. The topological polar surface area (TPSA) is 73.1 Å². The van der Waals surface area contributed by atoms with Gasteiger partial charge in [0, 0.05) is 17.1 Å². The number of rotatable bonds is 4. The van der Waals surface area contributed by atoms with Gasteiger partial charge in [-0.15, -0.1) is 5.10 Å². The lowest BCUT2D eigenvalue weighted by Gasteiger charge is -2.33. The zero-order valence-electron chi connectivity index (χ0n) is 14.5. The lowest BCUT2D eigenvalue weighted by atomic mass is 10.1. The lowest BCUT2D eigenvalue weighted by molar-refractivity contribution is -0.0228. The molecule has 1 aliphatic rings. The van der Waals surface area contributed by atoms with Gasteiger partial charge < -0.3 is 9.64 Å². The molecule has 3 aromatic rings. The van der Waals surface area contributed by atoms with Crippen LogP contribution in [0, 0.1) is 0 Å². The van der Waals surface area contributed by atoms with Crippen molar-refractivity contribution in [3.63, 3.8) is 0 Å². The maximum absolute atomic E-state index is 12.9. The quantitative estimate of drug-likeness (QED) is 0.692. The van der Waals surface area contributed by atoms with Crippen molar-refractivity contribution in [2.24, 2.45) is 0 Å². The van der Waals surface area contributed by atoms with E-state index in [1.807, 2.05) is 53.4 Å². The molecule has 0 unspecified atom stereocenters. The van der Waals surface area contributed by atoms with Crippen molar-refractivity contribution in [2.45, 2.75) is 12.6 Å². The Labute approximate surface area is 161 Å². The fraction of sp³-hybridized carbons (Fsp3) is 0.263. The molecule has 0 radical (unpaired) electrons. The number of ether oxygens (including phenoxy) is 1. The highest BCUT2D eigenvalue weighted by atomic mass is 35.5. The minimum atomic E-state index is -0.140. The Kier molecular flexibility index (Phi) is 5.13. The zero-order valence-corrected chi connectivity index (χ0v) is 15.3. The smallest absolute Gasteiger partial charge is 0.254 e. The van der Waals surface area contributed by atoms with Crippen LogP contribution in [0.3, 0.4) is 0 Å². The van der Waals surface area contributed by atoms with E-state index < -0.39 is 0 Å². The first-order valence-corrected chi connectivity index (χ1v) is 9.03. The number of tetrazole rings is 1. The van der Waals surface area contributed by atoms with Crippen molar-refractivity contribution >= 4 is 17.5 Å². The molecule has 27 heavy (non-hydrogen) atoms. The van der Waals surface area contributed by atoms with Crippen LogP contribution in [0.15, 0.2) is 54.9 Å². The van der Waals surface area contributed by atoms with Crippen LogP contribution in [0.5, 0.6) is 0 Å². The predicted octanol–water partition coefficient (Wildman–Crippen LogP) is 2.59. The molecule has 7 nitrogen and oxygen atoms in total.